The van der Waals surface area contributed by atoms with Crippen LogP contribution in [0, 0.1) is 0 Å². The molecule has 0 aliphatic rings. The average Bonchev–Trinajstić information content (AvgIpc) is 3.15. The van der Waals surface area contributed by atoms with Gasteiger partial charge in [0.1, 0.15) is 0 Å². The second kappa shape index (κ2) is 8.50. The van der Waals surface area contributed by atoms with Crippen LogP contribution in [0.1, 0.15) is 23.4 Å². The molecule has 1 heterocycles. The molecule has 0 saturated heterocycles. The molecule has 0 spiro atoms. The molecular formula is C21H19F3N4O2. The van der Waals surface area contributed by atoms with E-state index in [1.165, 1.54) is 13.2 Å². The lowest BCUT2D eigenvalue weighted by molar-refractivity contribution is -0.271. The van der Waals surface area contributed by atoms with E-state index in [0.717, 1.165) is 10.8 Å². The van der Waals surface area contributed by atoms with Crippen molar-refractivity contribution in [2.75, 3.05) is 0 Å². The molecule has 3 aromatic rings. The highest BCUT2D eigenvalue weighted by Crippen LogP contribution is 2.40. The molecule has 2 aromatic carbocycles. The third-order valence-corrected chi connectivity index (χ3v) is 4.46. The fourth-order valence-corrected chi connectivity index (χ4v) is 2.95. The predicted octanol–water partition coefficient (Wildman–Crippen LogP) is 3.13. The first-order valence-electron chi connectivity index (χ1n) is 8.96. The van der Waals surface area contributed by atoms with E-state index in [1.54, 1.807) is 60.7 Å². The van der Waals surface area contributed by atoms with Crippen molar-refractivity contribution in [1.82, 2.24) is 15.0 Å². The Labute approximate surface area is 170 Å². The summed E-state index contributed by atoms with van der Waals surface area (Å²) in [4.78, 5) is 15.9. The minimum atomic E-state index is -5.12. The first kappa shape index (κ1) is 21.3. The van der Waals surface area contributed by atoms with Crippen LogP contribution in [0.4, 0.5) is 13.2 Å². The Morgan fingerprint density at radius 1 is 1.07 bits per heavy atom. The molecule has 3 rings (SSSR count). The van der Waals surface area contributed by atoms with E-state index in [4.69, 9.17) is 0 Å². The van der Waals surface area contributed by atoms with Crippen LogP contribution in [0.3, 0.4) is 0 Å². The van der Waals surface area contributed by atoms with Crippen LogP contribution in [0.25, 0.3) is 0 Å². The van der Waals surface area contributed by atoms with Gasteiger partial charge in [-0.2, -0.15) is 18.3 Å². The molecule has 30 heavy (non-hydrogen) atoms. The van der Waals surface area contributed by atoms with E-state index < -0.39 is 29.9 Å². The number of rotatable bonds is 6. The van der Waals surface area contributed by atoms with E-state index in [9.17, 15) is 23.1 Å². The molecule has 0 saturated carbocycles. The number of nitrogens with zero attached hydrogens (tertiary/aromatic N) is 3. The van der Waals surface area contributed by atoms with Gasteiger partial charge in [0.15, 0.2) is 5.82 Å². The highest BCUT2D eigenvalue weighted by molar-refractivity contribution is 6.13. The van der Waals surface area contributed by atoms with Crippen molar-refractivity contribution in [1.29, 1.82) is 0 Å². The first-order valence-corrected chi connectivity index (χ1v) is 8.96. The Morgan fingerprint density at radius 2 is 1.60 bits per heavy atom. The fourth-order valence-electron chi connectivity index (χ4n) is 2.95. The Kier molecular flexibility index (Phi) is 6.02. The quantitative estimate of drug-likeness (QED) is 0.479. The third-order valence-electron chi connectivity index (χ3n) is 4.46. The summed E-state index contributed by atoms with van der Waals surface area (Å²) in [5, 5.41) is 14.4. The van der Waals surface area contributed by atoms with Gasteiger partial charge in [-0.15, -0.1) is 0 Å². The lowest BCUT2D eigenvalue weighted by atomic mass is 9.97. The van der Waals surface area contributed by atoms with E-state index >= 15 is 0 Å². The van der Waals surface area contributed by atoms with Gasteiger partial charge < -0.3 is 9.67 Å². The van der Waals surface area contributed by atoms with Gasteiger partial charge in [-0.1, -0.05) is 60.7 Å². The maximum absolute atomic E-state index is 13.6. The standard InChI is InChI=1S/C21H19F3N4O2/c1-28-13-12-25-19(28)20(30,21(22,23)24)14-17(29)26-27-18(15-8-4-2-5-9-15)16-10-6-3-7-11-16/h2-13,30H,14H2,1H3,(H,26,29). The number of carbonyl (C=O) groups is 1. The molecule has 0 fully saturated rings. The van der Waals surface area contributed by atoms with Crippen molar-refractivity contribution in [3.8, 4) is 0 Å². The third kappa shape index (κ3) is 4.41. The normalized spacial score (nSPS) is 13.4. The number of hydrazone groups is 1. The number of benzene rings is 2. The molecule has 0 aliphatic heterocycles. The van der Waals surface area contributed by atoms with Crippen LogP contribution in [0.5, 0.6) is 0 Å². The summed E-state index contributed by atoms with van der Waals surface area (Å²) < 4.78 is 41.9. The smallest absolute Gasteiger partial charge is 0.374 e. The summed E-state index contributed by atoms with van der Waals surface area (Å²) in [6.45, 7) is 0. The first-order chi connectivity index (χ1) is 14.2. The number of nitrogens with one attached hydrogen (secondary N) is 1. The van der Waals surface area contributed by atoms with Crippen LogP contribution >= 0.6 is 0 Å². The molecule has 9 heteroatoms. The maximum Gasteiger partial charge on any atom is 0.425 e. The number of amides is 1. The molecule has 2 N–H and O–H groups in total. The highest BCUT2D eigenvalue weighted by atomic mass is 19.4. The molecule has 1 atom stereocenters. The van der Waals surface area contributed by atoms with E-state index in [1.807, 2.05) is 0 Å². The molecular weight excluding hydrogens is 397 g/mol. The number of aryl methyl sites for hydroxylation is 1. The molecule has 0 bridgehead atoms. The molecule has 1 aromatic heterocycles. The van der Waals surface area contributed by atoms with Gasteiger partial charge in [-0.05, 0) is 0 Å². The predicted molar refractivity (Wildman–Crippen MR) is 104 cm³/mol. The minimum Gasteiger partial charge on any atom is -0.374 e. The Bertz CT molecular complexity index is 992. The van der Waals surface area contributed by atoms with Gasteiger partial charge >= 0.3 is 6.18 Å². The van der Waals surface area contributed by atoms with Crippen LogP contribution in [-0.4, -0.2) is 32.5 Å². The van der Waals surface area contributed by atoms with Crippen LogP contribution in [0.15, 0.2) is 78.2 Å². The van der Waals surface area contributed by atoms with Crippen molar-refractivity contribution >= 4 is 11.6 Å². The summed E-state index contributed by atoms with van der Waals surface area (Å²) >= 11 is 0. The Balaban J connectivity index is 1.89. The molecule has 6 nitrogen and oxygen atoms in total. The van der Waals surface area contributed by atoms with Crippen molar-refractivity contribution in [2.45, 2.75) is 18.2 Å². The number of halogens is 3. The maximum atomic E-state index is 13.6. The van der Waals surface area contributed by atoms with Gasteiger partial charge in [-0.3, -0.25) is 4.79 Å². The zero-order valence-corrected chi connectivity index (χ0v) is 16.0. The zero-order valence-electron chi connectivity index (χ0n) is 16.0. The van der Waals surface area contributed by atoms with Crippen LogP contribution in [-0.2, 0) is 17.4 Å². The second-order valence-electron chi connectivity index (χ2n) is 6.62. The summed E-state index contributed by atoms with van der Waals surface area (Å²) in [6.07, 6.45) is -4.04. The van der Waals surface area contributed by atoms with E-state index in [0.29, 0.717) is 16.8 Å². The second-order valence-corrected chi connectivity index (χ2v) is 6.62. The largest absolute Gasteiger partial charge is 0.425 e. The number of alkyl halides is 3. The van der Waals surface area contributed by atoms with Gasteiger partial charge in [0.25, 0.3) is 0 Å². The molecule has 1 unspecified atom stereocenters. The van der Waals surface area contributed by atoms with Gasteiger partial charge in [0.05, 0.1) is 12.1 Å². The van der Waals surface area contributed by atoms with Crippen LogP contribution in [0.2, 0.25) is 0 Å². The van der Waals surface area contributed by atoms with Gasteiger partial charge in [0, 0.05) is 30.6 Å². The van der Waals surface area contributed by atoms with E-state index in [2.05, 4.69) is 15.5 Å². The molecule has 0 aliphatic carbocycles. The molecule has 156 valence electrons. The average molecular weight is 416 g/mol. The van der Waals surface area contributed by atoms with Gasteiger partial charge in [0.2, 0.25) is 11.5 Å². The summed E-state index contributed by atoms with van der Waals surface area (Å²) in [7, 11) is 1.30. The number of hydrogen-bond acceptors (Lipinski definition) is 4. The number of aromatic nitrogens is 2. The van der Waals surface area contributed by atoms with Crippen LogP contribution < -0.4 is 5.43 Å². The number of hydrogen-bond donors (Lipinski definition) is 2. The monoisotopic (exact) mass is 416 g/mol. The van der Waals surface area contributed by atoms with Crippen molar-refractivity contribution in [3.63, 3.8) is 0 Å². The zero-order chi connectivity index (χ0) is 21.8. The van der Waals surface area contributed by atoms with Gasteiger partial charge in [-0.25, -0.2) is 10.4 Å². The molecule has 1 amide bonds. The summed E-state index contributed by atoms with van der Waals surface area (Å²) in [6, 6.07) is 17.8. The SMILES string of the molecule is Cn1ccnc1C(O)(CC(=O)NN=C(c1ccccc1)c1ccccc1)C(F)(F)F. The number of imidazole rings is 1. The Hall–Kier alpha value is -3.46. The fraction of sp³-hybridized carbons (Fsp3) is 0.190. The summed E-state index contributed by atoms with van der Waals surface area (Å²) in [5.41, 5.74) is 0.391. The number of aliphatic hydroxyl groups is 1. The van der Waals surface area contributed by atoms with Crippen molar-refractivity contribution in [3.05, 3.63) is 90.0 Å². The Morgan fingerprint density at radius 3 is 2.03 bits per heavy atom. The van der Waals surface area contributed by atoms with E-state index in [-0.39, 0.29) is 0 Å². The van der Waals surface area contributed by atoms with Crippen molar-refractivity contribution in [2.24, 2.45) is 12.1 Å². The minimum absolute atomic E-state index is 0.372. The van der Waals surface area contributed by atoms with Crippen molar-refractivity contribution < 1.29 is 23.1 Å². The lowest BCUT2D eigenvalue weighted by Gasteiger charge is -2.29. The lowest BCUT2D eigenvalue weighted by Crippen LogP contribution is -2.47. The summed E-state index contributed by atoms with van der Waals surface area (Å²) in [5.74, 6) is -1.79. The number of carbonyl (C=O) groups excluding carboxylic acids is 1. The topological polar surface area (TPSA) is 79.5 Å². The molecule has 0 radical (unpaired) electrons. The highest BCUT2D eigenvalue weighted by Gasteiger charge is 2.58.